The number of phenolic OH excluding ortho intramolecular Hbond substituents is 2. The van der Waals surface area contributed by atoms with Crippen molar-refractivity contribution in [3.8, 4) is 17.4 Å². The van der Waals surface area contributed by atoms with Gasteiger partial charge in [0.25, 0.3) is 0 Å². The van der Waals surface area contributed by atoms with E-state index in [-0.39, 0.29) is 11.5 Å². The molecule has 1 aromatic carbocycles. The Hall–Kier alpha value is -2.27. The fourth-order valence-corrected chi connectivity index (χ4v) is 1.78. The Morgan fingerprint density at radius 2 is 1.95 bits per heavy atom. The minimum atomic E-state index is 0.0511. The molecule has 100 valence electrons. The lowest BCUT2D eigenvalue weighted by molar-refractivity contribution is 0.390. The highest BCUT2D eigenvalue weighted by atomic mass is 16.5. The molecule has 5 heteroatoms. The van der Waals surface area contributed by atoms with Crippen molar-refractivity contribution in [2.75, 3.05) is 7.11 Å². The lowest BCUT2D eigenvalue weighted by atomic mass is 10.2. The molecule has 0 aliphatic heterocycles. The highest BCUT2D eigenvalue weighted by molar-refractivity contribution is 5.38. The van der Waals surface area contributed by atoms with Gasteiger partial charge in [-0.15, -0.1) is 0 Å². The van der Waals surface area contributed by atoms with Crippen molar-refractivity contribution in [2.24, 2.45) is 0 Å². The zero-order chi connectivity index (χ0) is 13.7. The third-order valence-electron chi connectivity index (χ3n) is 2.74. The fraction of sp³-hybridized carbons (Fsp3) is 0.214. The molecule has 19 heavy (non-hydrogen) atoms. The van der Waals surface area contributed by atoms with E-state index >= 15 is 0 Å². The second kappa shape index (κ2) is 6.06. The van der Waals surface area contributed by atoms with Gasteiger partial charge < -0.3 is 20.3 Å². The summed E-state index contributed by atoms with van der Waals surface area (Å²) in [5, 5.41) is 22.0. The van der Waals surface area contributed by atoms with Gasteiger partial charge in [0, 0.05) is 36.5 Å². The van der Waals surface area contributed by atoms with E-state index in [9.17, 15) is 10.2 Å². The summed E-state index contributed by atoms with van der Waals surface area (Å²) in [6, 6.07) is 8.31. The maximum Gasteiger partial charge on any atom is 0.217 e. The van der Waals surface area contributed by atoms with E-state index in [0.29, 0.717) is 19.0 Å². The molecular formula is C14H16N2O3. The van der Waals surface area contributed by atoms with E-state index in [1.165, 1.54) is 6.07 Å². The number of methoxy groups -OCH3 is 1. The molecule has 2 aromatic rings. The van der Waals surface area contributed by atoms with E-state index in [1.807, 2.05) is 12.1 Å². The van der Waals surface area contributed by atoms with E-state index in [2.05, 4.69) is 10.3 Å². The van der Waals surface area contributed by atoms with Crippen LogP contribution in [0.25, 0.3) is 0 Å². The summed E-state index contributed by atoms with van der Waals surface area (Å²) >= 11 is 0. The summed E-state index contributed by atoms with van der Waals surface area (Å²) < 4.78 is 5.15. The van der Waals surface area contributed by atoms with Crippen LogP contribution >= 0.6 is 0 Å². The molecule has 0 bridgehead atoms. The minimum absolute atomic E-state index is 0.0511. The molecule has 0 atom stereocenters. The zero-order valence-electron chi connectivity index (χ0n) is 10.6. The molecule has 0 radical (unpaired) electrons. The molecule has 5 nitrogen and oxygen atoms in total. The van der Waals surface area contributed by atoms with Crippen LogP contribution in [0.1, 0.15) is 11.1 Å². The Labute approximate surface area is 111 Å². The first-order valence-electron chi connectivity index (χ1n) is 5.90. The maximum atomic E-state index is 9.65. The van der Waals surface area contributed by atoms with Crippen molar-refractivity contribution in [3.63, 3.8) is 0 Å². The smallest absolute Gasteiger partial charge is 0.217 e. The summed E-state index contributed by atoms with van der Waals surface area (Å²) in [5.74, 6) is 0.714. The standard InChI is InChI=1S/C14H16N2O3/c1-19-14-11(3-2-6-16-14)9-15-8-10-4-5-12(17)7-13(10)18/h2-7,15,17-18H,8-9H2,1H3. The first-order valence-corrected chi connectivity index (χ1v) is 5.90. The summed E-state index contributed by atoms with van der Waals surface area (Å²) in [5.41, 5.74) is 1.67. The third kappa shape index (κ3) is 3.35. The molecular weight excluding hydrogens is 244 g/mol. The predicted octanol–water partition coefficient (Wildman–Crippen LogP) is 1.79. The van der Waals surface area contributed by atoms with Gasteiger partial charge in [-0.3, -0.25) is 0 Å². The average Bonchev–Trinajstić information content (AvgIpc) is 2.42. The summed E-state index contributed by atoms with van der Waals surface area (Å²) in [6.07, 6.45) is 1.67. The topological polar surface area (TPSA) is 74.6 Å². The largest absolute Gasteiger partial charge is 0.508 e. The van der Waals surface area contributed by atoms with Crippen molar-refractivity contribution in [3.05, 3.63) is 47.7 Å². The molecule has 3 N–H and O–H groups in total. The van der Waals surface area contributed by atoms with E-state index in [0.717, 1.165) is 11.1 Å². The maximum absolute atomic E-state index is 9.65. The molecule has 0 aliphatic carbocycles. The average molecular weight is 260 g/mol. The van der Waals surface area contributed by atoms with E-state index < -0.39 is 0 Å². The van der Waals surface area contributed by atoms with Crippen LogP contribution in [0.4, 0.5) is 0 Å². The molecule has 1 aromatic heterocycles. The number of benzene rings is 1. The van der Waals surface area contributed by atoms with Gasteiger partial charge in [-0.2, -0.15) is 0 Å². The summed E-state index contributed by atoms with van der Waals surface area (Å²) in [7, 11) is 1.58. The highest BCUT2D eigenvalue weighted by Gasteiger charge is 2.05. The van der Waals surface area contributed by atoms with E-state index in [4.69, 9.17) is 4.74 Å². The van der Waals surface area contributed by atoms with Crippen molar-refractivity contribution >= 4 is 0 Å². The van der Waals surface area contributed by atoms with Crippen LogP contribution in [0, 0.1) is 0 Å². The SMILES string of the molecule is COc1ncccc1CNCc1ccc(O)cc1O. The Bertz CT molecular complexity index is 558. The fourth-order valence-electron chi connectivity index (χ4n) is 1.78. The molecule has 0 unspecified atom stereocenters. The Morgan fingerprint density at radius 3 is 2.68 bits per heavy atom. The molecule has 0 fully saturated rings. The van der Waals surface area contributed by atoms with Crippen LogP contribution in [0.3, 0.4) is 0 Å². The van der Waals surface area contributed by atoms with E-state index in [1.54, 1.807) is 25.4 Å². The lowest BCUT2D eigenvalue weighted by Crippen LogP contribution is -2.13. The molecule has 0 saturated carbocycles. The minimum Gasteiger partial charge on any atom is -0.508 e. The van der Waals surface area contributed by atoms with Crippen molar-refractivity contribution in [1.82, 2.24) is 10.3 Å². The van der Waals surface area contributed by atoms with Gasteiger partial charge >= 0.3 is 0 Å². The van der Waals surface area contributed by atoms with Crippen LogP contribution < -0.4 is 10.1 Å². The quantitative estimate of drug-likeness (QED) is 0.764. The second-order valence-electron chi connectivity index (χ2n) is 4.09. The molecule has 2 rings (SSSR count). The van der Waals surface area contributed by atoms with Crippen LogP contribution in [-0.4, -0.2) is 22.3 Å². The van der Waals surface area contributed by atoms with Crippen molar-refractivity contribution in [1.29, 1.82) is 0 Å². The number of phenols is 2. The first-order chi connectivity index (χ1) is 9.20. The normalized spacial score (nSPS) is 10.4. The monoisotopic (exact) mass is 260 g/mol. The van der Waals surface area contributed by atoms with Gasteiger partial charge in [-0.05, 0) is 12.1 Å². The number of nitrogens with one attached hydrogen (secondary N) is 1. The molecule has 0 spiro atoms. The predicted molar refractivity (Wildman–Crippen MR) is 71.1 cm³/mol. The second-order valence-corrected chi connectivity index (χ2v) is 4.09. The lowest BCUT2D eigenvalue weighted by Gasteiger charge is -2.09. The number of hydrogen-bond donors (Lipinski definition) is 3. The molecule has 0 saturated heterocycles. The number of hydrogen-bond acceptors (Lipinski definition) is 5. The highest BCUT2D eigenvalue weighted by Crippen LogP contribution is 2.22. The Morgan fingerprint density at radius 1 is 1.16 bits per heavy atom. The van der Waals surface area contributed by atoms with Crippen molar-refractivity contribution < 1.29 is 14.9 Å². The van der Waals surface area contributed by atoms with Crippen LogP contribution in [0.5, 0.6) is 17.4 Å². The van der Waals surface area contributed by atoms with Crippen LogP contribution in [0.15, 0.2) is 36.5 Å². The number of aromatic nitrogens is 1. The van der Waals surface area contributed by atoms with Crippen molar-refractivity contribution in [2.45, 2.75) is 13.1 Å². The zero-order valence-corrected chi connectivity index (χ0v) is 10.6. The van der Waals surface area contributed by atoms with Gasteiger partial charge in [0.05, 0.1) is 7.11 Å². The van der Waals surface area contributed by atoms with Gasteiger partial charge in [-0.1, -0.05) is 12.1 Å². The number of ether oxygens (including phenoxy) is 1. The third-order valence-corrected chi connectivity index (χ3v) is 2.74. The summed E-state index contributed by atoms with van der Waals surface area (Å²) in [4.78, 5) is 4.11. The summed E-state index contributed by atoms with van der Waals surface area (Å²) in [6.45, 7) is 1.07. The van der Waals surface area contributed by atoms with Crippen LogP contribution in [0.2, 0.25) is 0 Å². The van der Waals surface area contributed by atoms with Gasteiger partial charge in [0.2, 0.25) is 5.88 Å². The number of nitrogens with zero attached hydrogens (tertiary/aromatic N) is 1. The molecule has 1 heterocycles. The molecule has 0 amide bonds. The van der Waals surface area contributed by atoms with Gasteiger partial charge in [0.1, 0.15) is 11.5 Å². The number of rotatable bonds is 5. The first kappa shape index (κ1) is 13.2. The number of aromatic hydroxyl groups is 2. The Kier molecular flexibility index (Phi) is 4.20. The molecule has 0 aliphatic rings. The van der Waals surface area contributed by atoms with Gasteiger partial charge in [-0.25, -0.2) is 4.98 Å². The van der Waals surface area contributed by atoms with Gasteiger partial charge in [0.15, 0.2) is 0 Å². The Balaban J connectivity index is 1.96. The number of pyridine rings is 1. The van der Waals surface area contributed by atoms with Crippen LogP contribution in [-0.2, 0) is 13.1 Å².